The number of ketones is 2. The fourth-order valence-electron chi connectivity index (χ4n) is 3.75. The van der Waals surface area contributed by atoms with Crippen LogP contribution in [0, 0.1) is 0 Å². The zero-order chi connectivity index (χ0) is 72.5. The van der Waals surface area contributed by atoms with E-state index in [1.165, 1.54) is 39.2 Å². The van der Waals surface area contributed by atoms with Gasteiger partial charge in [-0.1, -0.05) is 440 Å². The molecule has 0 aromatic heterocycles. The highest BCUT2D eigenvalue weighted by atomic mass is 16.5. The number of hydrogen-bond acceptors (Lipinski definition) is 6. The van der Waals surface area contributed by atoms with E-state index in [0.717, 1.165) is 0 Å². The zero-order valence-corrected chi connectivity index (χ0v) is 62.4. The Morgan fingerprint density at radius 2 is 0.326 bits per heavy atom. The number of benzene rings is 8. The predicted molar refractivity (Wildman–Crippen MR) is 424 cm³/mol. The molecule has 516 valence electrons. The van der Waals surface area contributed by atoms with Gasteiger partial charge in [-0.2, -0.15) is 10.2 Å². The normalized spacial score (nSPS) is 7.50. The molecule has 0 atom stereocenters. The molecule has 0 aliphatic carbocycles. The highest BCUT2D eigenvalue weighted by Crippen LogP contribution is 1.85. The summed E-state index contributed by atoms with van der Waals surface area (Å²) in [7, 11) is 4.63. The molecule has 0 bridgehead atoms. The highest BCUT2D eigenvalue weighted by Gasteiger charge is 1.84. The molecule has 6 nitrogen and oxygen atoms in total. The Balaban J connectivity index is -0.0000000586. The van der Waals surface area contributed by atoms with Crippen molar-refractivity contribution in [3.63, 3.8) is 0 Å². The van der Waals surface area contributed by atoms with Gasteiger partial charge in [0.25, 0.3) is 0 Å². The lowest BCUT2D eigenvalue weighted by atomic mass is 10.4. The van der Waals surface area contributed by atoms with Gasteiger partial charge in [0, 0.05) is 20.2 Å². The van der Waals surface area contributed by atoms with Gasteiger partial charge in [0.2, 0.25) is 0 Å². The van der Waals surface area contributed by atoms with Crippen LogP contribution in [0.3, 0.4) is 0 Å². The summed E-state index contributed by atoms with van der Waals surface area (Å²) in [5.74, 6) is -0.0856. The van der Waals surface area contributed by atoms with Crippen molar-refractivity contribution in [3.05, 3.63) is 340 Å². The number of rotatable bonds is 3. The fraction of sp³-hybridized carbons (Fsp3) is 0.314. The highest BCUT2D eigenvalue weighted by molar-refractivity contribution is 5.87. The molecule has 0 saturated carbocycles. The fourth-order valence-corrected chi connectivity index (χ4v) is 3.75. The van der Waals surface area contributed by atoms with Crippen LogP contribution in [-0.2, 0) is 19.1 Å². The second-order valence-electron chi connectivity index (χ2n) is 13.5. The molecule has 0 radical (unpaired) electrons. The van der Waals surface area contributed by atoms with Gasteiger partial charge in [-0.25, -0.2) is 4.79 Å². The monoisotopic (exact) mass is 1260 g/mol. The Bertz CT molecular complexity index is 1680. The first-order valence-corrected chi connectivity index (χ1v) is 32.4. The lowest BCUT2D eigenvalue weighted by Gasteiger charge is -1.84. The van der Waals surface area contributed by atoms with Crippen molar-refractivity contribution in [2.45, 2.75) is 167 Å². The summed E-state index contributed by atoms with van der Waals surface area (Å²) >= 11 is 0. The van der Waals surface area contributed by atoms with Gasteiger partial charge in [0.05, 0.1) is 7.11 Å². The predicted octanol–water partition coefficient (Wildman–Crippen LogP) is 27.7. The van der Waals surface area contributed by atoms with Crippen LogP contribution in [0.2, 0.25) is 0 Å². The largest absolute Gasteiger partial charge is 0.466 e. The number of carbonyl (C=O) groups is 3. The number of hydrogen-bond donors (Lipinski definition) is 0. The number of carbonyl (C=O) groups excluding carboxylic acids is 3. The summed E-state index contributed by atoms with van der Waals surface area (Å²) in [5, 5.41) is 6.72. The van der Waals surface area contributed by atoms with Crippen LogP contribution in [0.25, 0.3) is 0 Å². The van der Waals surface area contributed by atoms with E-state index in [-0.39, 0.29) is 25.0 Å². The summed E-state index contributed by atoms with van der Waals surface area (Å²) < 4.78 is 4.26. The molecular weight excluding hydrogens is 1120 g/mol. The minimum atomic E-state index is -0.303. The summed E-state index contributed by atoms with van der Waals surface area (Å²) in [5.41, 5.74) is 0. The smallest absolute Gasteiger partial charge is 0.330 e. The van der Waals surface area contributed by atoms with E-state index >= 15 is 0 Å². The van der Waals surface area contributed by atoms with Crippen LogP contribution in [-0.4, -0.2) is 38.7 Å². The molecule has 92 heavy (non-hydrogen) atoms. The Labute approximate surface area is 571 Å². The van der Waals surface area contributed by atoms with Crippen molar-refractivity contribution in [2.24, 2.45) is 10.2 Å². The average molecular weight is 1260 g/mol. The van der Waals surface area contributed by atoms with Crippen molar-refractivity contribution in [1.29, 1.82) is 0 Å². The maximum Gasteiger partial charge on any atom is 0.330 e. The third kappa shape index (κ3) is 192. The minimum Gasteiger partial charge on any atom is -0.466 e. The van der Waals surface area contributed by atoms with Crippen molar-refractivity contribution in [2.75, 3.05) is 21.2 Å². The number of nitrogens with zero attached hydrogens (tertiary/aromatic N) is 2. The molecule has 0 spiro atoms. The van der Waals surface area contributed by atoms with E-state index < -0.39 is 0 Å². The molecule has 6 heteroatoms. The molecule has 0 N–H and O–H groups in total. The molecule has 0 heterocycles. The zero-order valence-electron chi connectivity index (χ0n) is 62.4. The van der Waals surface area contributed by atoms with Gasteiger partial charge in [0.1, 0.15) is 0 Å². The quantitative estimate of drug-likeness (QED) is 0.0763. The van der Waals surface area contributed by atoms with Gasteiger partial charge in [-0.05, 0) is 60.6 Å². The standard InChI is InChI=1S/8C6H6.C5H8O2.2C5H8O.C4H8.C2H6N2.8C2H6.CH4/c8*1-2-4-6-5-3-1;1-3-4-5(6)7-2;2*1-3-4-5(2)6;2*1-3-4-2;8*1-2;/h8*1-6H;3-4H,1-2H3;2*3-4H,1-2H3;3-4H,1-2H3;1-2H3;8*1-2H3;1H4. The Morgan fingerprint density at radius 1 is 0.228 bits per heavy atom. The number of azo groups is 1. The van der Waals surface area contributed by atoms with Crippen molar-refractivity contribution in [3.8, 4) is 0 Å². The summed E-state index contributed by atoms with van der Waals surface area (Å²) in [6, 6.07) is 96.0. The molecule has 0 saturated heterocycles. The van der Waals surface area contributed by atoms with E-state index in [9.17, 15) is 14.4 Å². The second-order valence-corrected chi connectivity index (χ2v) is 13.5. The van der Waals surface area contributed by atoms with Gasteiger partial charge in [0.15, 0.2) is 11.6 Å². The third-order valence-electron chi connectivity index (χ3n) is 7.17. The first-order valence-electron chi connectivity index (χ1n) is 32.4. The Morgan fingerprint density at radius 3 is 0.348 bits per heavy atom. The number of allylic oxidation sites excluding steroid dienone is 7. The van der Waals surface area contributed by atoms with E-state index in [2.05, 4.69) is 15.0 Å². The molecule has 0 fully saturated rings. The number of ether oxygens (including phenoxy) is 1. The number of methoxy groups -OCH3 is 1. The van der Waals surface area contributed by atoms with Gasteiger partial charge in [-0.15, -0.1) is 0 Å². The first-order chi connectivity index (χ1) is 44.7. The molecule has 8 aromatic rings. The summed E-state index contributed by atoms with van der Waals surface area (Å²) in [6.45, 7) is 44.5. The first kappa shape index (κ1) is 117. The molecule has 8 aromatic carbocycles. The second kappa shape index (κ2) is 155. The van der Waals surface area contributed by atoms with Crippen molar-refractivity contribution >= 4 is 17.5 Å². The van der Waals surface area contributed by atoms with Crippen LogP contribution < -0.4 is 0 Å². The maximum atomic E-state index is 10.1. The average Bonchev–Trinajstić information content (AvgIpc) is 3.68. The SMILES string of the molecule is C.CC.CC.CC.CC.CC.CC.CC.CC.CC=CC.CC=CC(=O)OC.CC=CC(C)=O.CC=CC(C)=O.CN=NC.c1ccccc1.c1ccccc1.c1ccccc1.c1ccccc1.c1ccccc1.c1ccccc1.c1ccccc1.c1ccccc1. The van der Waals surface area contributed by atoms with Crippen LogP contribution in [0.15, 0.2) is 350 Å². The molecule has 0 aliphatic rings. The minimum absolute atomic E-state index is 0. The summed E-state index contributed by atoms with van der Waals surface area (Å²) in [4.78, 5) is 30.0. The van der Waals surface area contributed by atoms with Crippen LogP contribution in [0.4, 0.5) is 0 Å². The van der Waals surface area contributed by atoms with Gasteiger partial charge in [-0.3, -0.25) is 9.59 Å². The maximum absolute atomic E-state index is 10.1. The topological polar surface area (TPSA) is 85.2 Å². The Hall–Kier alpha value is -8.87. The lowest BCUT2D eigenvalue weighted by Crippen LogP contribution is -1.92. The lowest BCUT2D eigenvalue weighted by molar-refractivity contribution is -0.134. The van der Waals surface area contributed by atoms with E-state index in [4.69, 9.17) is 0 Å². The van der Waals surface area contributed by atoms with Crippen molar-refractivity contribution in [1.82, 2.24) is 0 Å². The summed E-state index contributed by atoms with van der Waals surface area (Å²) in [6.07, 6.45) is 13.5. The van der Waals surface area contributed by atoms with Crippen LogP contribution in [0.5, 0.6) is 0 Å². The molecule has 8 rings (SSSR count). The molecular formula is C86H138N2O4. The molecule has 0 amide bonds. The number of esters is 1. The van der Waals surface area contributed by atoms with Crippen molar-refractivity contribution < 1.29 is 19.1 Å². The van der Waals surface area contributed by atoms with E-state index in [0.29, 0.717) is 0 Å². The van der Waals surface area contributed by atoms with Gasteiger partial charge >= 0.3 is 5.97 Å². The Kier molecular flexibility index (Phi) is 197. The van der Waals surface area contributed by atoms with Crippen LogP contribution >= 0.6 is 0 Å². The van der Waals surface area contributed by atoms with E-state index in [1.54, 1.807) is 39.2 Å². The molecule has 0 unspecified atom stereocenters. The molecule has 0 aliphatic heterocycles. The third-order valence-corrected chi connectivity index (χ3v) is 7.17. The van der Waals surface area contributed by atoms with Gasteiger partial charge < -0.3 is 4.74 Å². The van der Waals surface area contributed by atoms with E-state index in [1.807, 2.05) is 442 Å². The van der Waals surface area contributed by atoms with Crippen LogP contribution in [0.1, 0.15) is 167 Å².